The molecule has 0 saturated heterocycles. The van der Waals surface area contributed by atoms with Crippen molar-refractivity contribution in [3.63, 3.8) is 0 Å². The van der Waals surface area contributed by atoms with Crippen molar-refractivity contribution < 1.29 is 0 Å². The summed E-state index contributed by atoms with van der Waals surface area (Å²) >= 11 is 0. The minimum atomic E-state index is 0.731. The third-order valence-electron chi connectivity index (χ3n) is 3.39. The van der Waals surface area contributed by atoms with E-state index in [0.717, 1.165) is 30.8 Å². The molecule has 96 valence electrons. The predicted octanol–water partition coefficient (Wildman–Crippen LogP) is 3.75. The second kappa shape index (κ2) is 7.50. The molecule has 1 rings (SSSR count). The van der Waals surface area contributed by atoms with Gasteiger partial charge < -0.3 is 5.32 Å². The standard InChI is InChI=1S/C16H27N/c1-13(2)11-17-12-15(4)14(3)10-16-8-6-5-7-9-16/h5-9,13-15,17H,10-12H2,1-4H3. The Bertz CT molecular complexity index is 292. The Kier molecular flexibility index (Phi) is 6.28. The van der Waals surface area contributed by atoms with Gasteiger partial charge in [-0.2, -0.15) is 0 Å². The van der Waals surface area contributed by atoms with Gasteiger partial charge in [-0.3, -0.25) is 0 Å². The molecule has 1 nitrogen and oxygen atoms in total. The summed E-state index contributed by atoms with van der Waals surface area (Å²) in [6, 6.07) is 10.8. The molecule has 0 fully saturated rings. The van der Waals surface area contributed by atoms with Gasteiger partial charge in [0.05, 0.1) is 0 Å². The Labute approximate surface area is 107 Å². The van der Waals surface area contributed by atoms with E-state index in [1.165, 1.54) is 12.0 Å². The van der Waals surface area contributed by atoms with E-state index in [1.54, 1.807) is 0 Å². The fourth-order valence-corrected chi connectivity index (χ4v) is 1.99. The lowest BCUT2D eigenvalue weighted by Gasteiger charge is -2.21. The normalized spacial score (nSPS) is 14.9. The van der Waals surface area contributed by atoms with Gasteiger partial charge in [0.1, 0.15) is 0 Å². The van der Waals surface area contributed by atoms with Crippen LogP contribution in [0.4, 0.5) is 0 Å². The second-order valence-electron chi connectivity index (χ2n) is 5.70. The highest BCUT2D eigenvalue weighted by Crippen LogP contribution is 2.16. The molecule has 17 heavy (non-hydrogen) atoms. The maximum Gasteiger partial charge on any atom is -0.00204 e. The molecule has 0 aromatic heterocycles. The van der Waals surface area contributed by atoms with Crippen LogP contribution in [0.1, 0.15) is 33.3 Å². The van der Waals surface area contributed by atoms with Crippen molar-refractivity contribution in [2.24, 2.45) is 17.8 Å². The van der Waals surface area contributed by atoms with Crippen LogP contribution in [-0.2, 0) is 6.42 Å². The van der Waals surface area contributed by atoms with Gasteiger partial charge in [-0.25, -0.2) is 0 Å². The fourth-order valence-electron chi connectivity index (χ4n) is 1.99. The van der Waals surface area contributed by atoms with E-state index in [4.69, 9.17) is 0 Å². The maximum atomic E-state index is 3.55. The Morgan fingerprint density at radius 2 is 1.53 bits per heavy atom. The van der Waals surface area contributed by atoms with Crippen LogP contribution < -0.4 is 5.32 Å². The van der Waals surface area contributed by atoms with Crippen LogP contribution in [0.5, 0.6) is 0 Å². The quantitative estimate of drug-likeness (QED) is 0.756. The molecule has 0 radical (unpaired) electrons. The molecule has 0 amide bonds. The average molecular weight is 233 g/mol. The van der Waals surface area contributed by atoms with Crippen molar-refractivity contribution in [1.29, 1.82) is 0 Å². The van der Waals surface area contributed by atoms with Gasteiger partial charge in [0, 0.05) is 0 Å². The highest BCUT2D eigenvalue weighted by molar-refractivity contribution is 5.15. The smallest absolute Gasteiger partial charge is 0.00204 e. The van der Waals surface area contributed by atoms with Crippen molar-refractivity contribution in [2.75, 3.05) is 13.1 Å². The molecule has 2 unspecified atom stereocenters. The summed E-state index contributed by atoms with van der Waals surface area (Å²) < 4.78 is 0. The Hall–Kier alpha value is -0.820. The molecule has 0 heterocycles. The molecule has 1 heteroatoms. The summed E-state index contributed by atoms with van der Waals surface area (Å²) in [6.45, 7) is 11.5. The van der Waals surface area contributed by atoms with Gasteiger partial charge in [-0.05, 0) is 42.8 Å². The summed E-state index contributed by atoms with van der Waals surface area (Å²) in [7, 11) is 0. The Balaban J connectivity index is 2.29. The molecule has 0 spiro atoms. The van der Waals surface area contributed by atoms with Crippen molar-refractivity contribution in [2.45, 2.75) is 34.1 Å². The van der Waals surface area contributed by atoms with Crippen molar-refractivity contribution in [1.82, 2.24) is 5.32 Å². The molecule has 1 aromatic carbocycles. The molecule has 0 aliphatic rings. The van der Waals surface area contributed by atoms with Gasteiger partial charge in [0.25, 0.3) is 0 Å². The molecule has 0 saturated carbocycles. The first-order valence-corrected chi connectivity index (χ1v) is 6.84. The zero-order valence-corrected chi connectivity index (χ0v) is 11.7. The van der Waals surface area contributed by atoms with Crippen molar-refractivity contribution in [3.05, 3.63) is 35.9 Å². The fraction of sp³-hybridized carbons (Fsp3) is 0.625. The minimum absolute atomic E-state index is 0.731. The van der Waals surface area contributed by atoms with E-state index in [2.05, 4.69) is 63.3 Å². The molecule has 0 aliphatic carbocycles. The summed E-state index contributed by atoms with van der Waals surface area (Å²) in [5.74, 6) is 2.21. The number of nitrogens with one attached hydrogen (secondary N) is 1. The lowest BCUT2D eigenvalue weighted by molar-refractivity contribution is 0.357. The van der Waals surface area contributed by atoms with Gasteiger partial charge >= 0.3 is 0 Å². The van der Waals surface area contributed by atoms with Crippen LogP contribution in [0.25, 0.3) is 0 Å². The lowest BCUT2D eigenvalue weighted by atomic mass is 9.89. The number of rotatable bonds is 7. The van der Waals surface area contributed by atoms with Crippen molar-refractivity contribution in [3.8, 4) is 0 Å². The van der Waals surface area contributed by atoms with Gasteiger partial charge in [-0.15, -0.1) is 0 Å². The van der Waals surface area contributed by atoms with Crippen LogP contribution in [0.3, 0.4) is 0 Å². The van der Waals surface area contributed by atoms with Crippen molar-refractivity contribution >= 4 is 0 Å². The largest absolute Gasteiger partial charge is 0.316 e. The molecule has 0 aliphatic heterocycles. The number of hydrogen-bond acceptors (Lipinski definition) is 1. The van der Waals surface area contributed by atoms with Crippen LogP contribution in [0, 0.1) is 17.8 Å². The van der Waals surface area contributed by atoms with E-state index in [1.807, 2.05) is 0 Å². The first kappa shape index (κ1) is 14.2. The van der Waals surface area contributed by atoms with Crippen LogP contribution >= 0.6 is 0 Å². The highest BCUT2D eigenvalue weighted by Gasteiger charge is 2.12. The first-order valence-electron chi connectivity index (χ1n) is 6.84. The number of hydrogen-bond donors (Lipinski definition) is 1. The summed E-state index contributed by atoms with van der Waals surface area (Å²) in [4.78, 5) is 0. The minimum Gasteiger partial charge on any atom is -0.316 e. The van der Waals surface area contributed by atoms with Gasteiger partial charge in [0.15, 0.2) is 0 Å². The SMILES string of the molecule is CC(C)CNCC(C)C(C)Cc1ccccc1. The maximum absolute atomic E-state index is 3.55. The first-order chi connectivity index (χ1) is 8.09. The number of benzene rings is 1. The zero-order chi connectivity index (χ0) is 12.7. The van der Waals surface area contributed by atoms with E-state index in [0.29, 0.717) is 0 Å². The van der Waals surface area contributed by atoms with Gasteiger partial charge in [0.2, 0.25) is 0 Å². The third-order valence-corrected chi connectivity index (χ3v) is 3.39. The average Bonchev–Trinajstić information content (AvgIpc) is 2.29. The molecule has 2 atom stereocenters. The molecular formula is C16H27N. The highest BCUT2D eigenvalue weighted by atomic mass is 14.9. The van der Waals surface area contributed by atoms with Gasteiger partial charge in [-0.1, -0.05) is 58.0 Å². The summed E-state index contributed by atoms with van der Waals surface area (Å²) in [5.41, 5.74) is 1.45. The van der Waals surface area contributed by atoms with E-state index in [9.17, 15) is 0 Å². The Morgan fingerprint density at radius 1 is 0.882 bits per heavy atom. The summed E-state index contributed by atoms with van der Waals surface area (Å²) in [6.07, 6.45) is 1.19. The Morgan fingerprint density at radius 3 is 2.12 bits per heavy atom. The van der Waals surface area contributed by atoms with E-state index >= 15 is 0 Å². The van der Waals surface area contributed by atoms with Crippen LogP contribution in [0.15, 0.2) is 30.3 Å². The lowest BCUT2D eigenvalue weighted by Crippen LogP contribution is -2.28. The topological polar surface area (TPSA) is 12.0 Å². The van der Waals surface area contributed by atoms with Crippen LogP contribution in [0.2, 0.25) is 0 Å². The molecule has 1 N–H and O–H groups in total. The van der Waals surface area contributed by atoms with Crippen LogP contribution in [-0.4, -0.2) is 13.1 Å². The monoisotopic (exact) mass is 233 g/mol. The molecule has 1 aromatic rings. The van der Waals surface area contributed by atoms with E-state index < -0.39 is 0 Å². The second-order valence-corrected chi connectivity index (χ2v) is 5.70. The third kappa shape index (κ3) is 5.88. The predicted molar refractivity (Wildman–Crippen MR) is 76.2 cm³/mol. The van der Waals surface area contributed by atoms with E-state index in [-0.39, 0.29) is 0 Å². The molecular weight excluding hydrogens is 206 g/mol. The molecule has 0 bridgehead atoms. The summed E-state index contributed by atoms with van der Waals surface area (Å²) in [5, 5.41) is 3.55. The zero-order valence-electron chi connectivity index (χ0n) is 11.7.